The topological polar surface area (TPSA) is 86.0 Å². The highest BCUT2D eigenvalue weighted by atomic mass is 16.5. The molecule has 1 aromatic carbocycles. The van der Waals surface area contributed by atoms with Crippen molar-refractivity contribution >= 4 is 0 Å². The fraction of sp³-hybridized carbons (Fsp3) is 0.421. The summed E-state index contributed by atoms with van der Waals surface area (Å²) in [4.78, 5) is 2.15. The minimum absolute atomic E-state index is 0.313. The summed E-state index contributed by atoms with van der Waals surface area (Å²) in [5.41, 5.74) is 7.81. The molecule has 0 spiro atoms. The summed E-state index contributed by atoms with van der Waals surface area (Å²) in [5.74, 6) is 3.27. The molecule has 7 heteroatoms. The lowest BCUT2D eigenvalue weighted by molar-refractivity contribution is 0.259. The Bertz CT molecular complexity index is 865. The minimum atomic E-state index is 0.313. The zero-order valence-electron chi connectivity index (χ0n) is 15.2. The van der Waals surface area contributed by atoms with Gasteiger partial charge in [-0.1, -0.05) is 35.5 Å². The van der Waals surface area contributed by atoms with Crippen LogP contribution in [0.3, 0.4) is 0 Å². The average Bonchev–Trinajstić information content (AvgIpc) is 3.21. The molecule has 1 fully saturated rings. The second-order valence-electron chi connectivity index (χ2n) is 7.18. The Hall–Kier alpha value is -2.51. The molecule has 0 amide bonds. The van der Waals surface area contributed by atoms with Gasteiger partial charge in [0, 0.05) is 30.6 Å². The first-order valence-electron chi connectivity index (χ1n) is 8.93. The summed E-state index contributed by atoms with van der Waals surface area (Å²) in [7, 11) is 4.07. The average molecular weight is 352 g/mol. The first-order valence-corrected chi connectivity index (χ1v) is 8.93. The van der Waals surface area contributed by atoms with Crippen LogP contribution in [0, 0.1) is 0 Å². The Kier molecular flexibility index (Phi) is 4.57. The van der Waals surface area contributed by atoms with E-state index in [1.165, 1.54) is 0 Å². The molecule has 0 bridgehead atoms. The predicted molar refractivity (Wildman–Crippen MR) is 98.1 cm³/mol. The van der Waals surface area contributed by atoms with Crippen molar-refractivity contribution in [2.45, 2.75) is 37.9 Å². The lowest BCUT2D eigenvalue weighted by Gasteiger charge is -2.31. The Morgan fingerprint density at radius 1 is 1.19 bits per heavy atom. The molecule has 4 rings (SSSR count). The molecule has 26 heavy (non-hydrogen) atoms. The summed E-state index contributed by atoms with van der Waals surface area (Å²) in [6.45, 7) is 1.36. The molecule has 0 saturated heterocycles. The third-order valence-electron chi connectivity index (χ3n) is 5.00. The largest absolute Gasteiger partial charge is 0.359 e. The number of nitrogens with two attached hydrogens (primary N) is 1. The monoisotopic (exact) mass is 352 g/mol. The zero-order valence-corrected chi connectivity index (χ0v) is 15.2. The van der Waals surface area contributed by atoms with Crippen LogP contribution in [-0.2, 0) is 20.1 Å². The Morgan fingerprint density at radius 2 is 1.96 bits per heavy atom. The van der Waals surface area contributed by atoms with Crippen LogP contribution in [0.15, 0.2) is 40.9 Å². The molecule has 2 N–H and O–H groups in total. The summed E-state index contributed by atoms with van der Waals surface area (Å²) >= 11 is 0. The van der Waals surface area contributed by atoms with Gasteiger partial charge in [-0.3, -0.25) is 4.90 Å². The normalized spacial score (nSPS) is 19.7. The highest BCUT2D eigenvalue weighted by Crippen LogP contribution is 2.34. The van der Waals surface area contributed by atoms with Crippen LogP contribution in [0.1, 0.15) is 36.2 Å². The van der Waals surface area contributed by atoms with E-state index in [9.17, 15) is 0 Å². The van der Waals surface area contributed by atoms with Gasteiger partial charge in [0.25, 0.3) is 0 Å². The highest BCUT2D eigenvalue weighted by Gasteiger charge is 2.31. The van der Waals surface area contributed by atoms with Crippen molar-refractivity contribution in [2.75, 3.05) is 7.05 Å². The molecular weight excluding hydrogens is 328 g/mol. The molecule has 1 aliphatic carbocycles. The number of hydrogen-bond donors (Lipinski definition) is 1. The highest BCUT2D eigenvalue weighted by molar-refractivity contribution is 5.58. The molecule has 7 nitrogen and oxygen atoms in total. The maximum Gasteiger partial charge on any atom is 0.151 e. The van der Waals surface area contributed by atoms with E-state index < -0.39 is 0 Å². The fourth-order valence-electron chi connectivity index (χ4n) is 3.44. The predicted octanol–water partition coefficient (Wildman–Crippen LogP) is 2.31. The number of nitrogens with zero attached hydrogens (tertiary/aromatic N) is 5. The van der Waals surface area contributed by atoms with E-state index in [-0.39, 0.29) is 0 Å². The molecule has 2 aromatic heterocycles. The van der Waals surface area contributed by atoms with Crippen LogP contribution in [0.2, 0.25) is 0 Å². The van der Waals surface area contributed by atoms with Gasteiger partial charge in [0.15, 0.2) is 5.76 Å². The standard InChI is InChI=1S/C19H24N6O/c1-24(11-16-10-17(23-26-16)13-6-4-3-5-7-13)12-18-21-22-19(25(18)2)14-8-15(20)9-14/h3-7,10,14-15H,8-9,11-12,20H2,1-2H3. The van der Waals surface area contributed by atoms with Crippen molar-refractivity contribution in [3.8, 4) is 11.3 Å². The van der Waals surface area contributed by atoms with Gasteiger partial charge in [-0.25, -0.2) is 0 Å². The van der Waals surface area contributed by atoms with Crippen molar-refractivity contribution in [3.63, 3.8) is 0 Å². The number of rotatable bonds is 6. The van der Waals surface area contributed by atoms with Gasteiger partial charge in [-0.15, -0.1) is 10.2 Å². The number of aromatic nitrogens is 4. The lowest BCUT2D eigenvalue weighted by atomic mass is 9.80. The Morgan fingerprint density at radius 3 is 2.69 bits per heavy atom. The second kappa shape index (κ2) is 7.01. The van der Waals surface area contributed by atoms with Gasteiger partial charge in [0.2, 0.25) is 0 Å². The molecule has 0 unspecified atom stereocenters. The molecule has 0 aliphatic heterocycles. The minimum Gasteiger partial charge on any atom is -0.359 e. The van der Waals surface area contributed by atoms with Crippen molar-refractivity contribution < 1.29 is 4.52 Å². The SMILES string of the molecule is CN(Cc1cc(-c2ccccc2)no1)Cc1nnc(C2CC(N)C2)n1C. The van der Waals surface area contributed by atoms with Crippen molar-refractivity contribution in [2.24, 2.45) is 12.8 Å². The first-order chi connectivity index (χ1) is 12.6. The Balaban J connectivity index is 1.39. The fourth-order valence-corrected chi connectivity index (χ4v) is 3.44. The van der Waals surface area contributed by atoms with Gasteiger partial charge in [0.1, 0.15) is 17.3 Å². The molecule has 3 aromatic rings. The third kappa shape index (κ3) is 3.40. The van der Waals surface area contributed by atoms with Crippen LogP contribution in [0.5, 0.6) is 0 Å². The zero-order chi connectivity index (χ0) is 18.1. The molecule has 136 valence electrons. The van der Waals surface area contributed by atoms with E-state index in [0.29, 0.717) is 25.0 Å². The summed E-state index contributed by atoms with van der Waals surface area (Å²) in [5, 5.41) is 12.9. The van der Waals surface area contributed by atoms with Gasteiger partial charge >= 0.3 is 0 Å². The van der Waals surface area contributed by atoms with Crippen LogP contribution in [0.4, 0.5) is 0 Å². The lowest BCUT2D eigenvalue weighted by Crippen LogP contribution is -2.36. The van der Waals surface area contributed by atoms with E-state index in [1.807, 2.05) is 50.5 Å². The van der Waals surface area contributed by atoms with E-state index in [4.69, 9.17) is 10.3 Å². The smallest absolute Gasteiger partial charge is 0.151 e. The molecule has 1 saturated carbocycles. The van der Waals surface area contributed by atoms with Crippen molar-refractivity contribution in [1.29, 1.82) is 0 Å². The van der Waals surface area contributed by atoms with Gasteiger partial charge < -0.3 is 14.8 Å². The second-order valence-corrected chi connectivity index (χ2v) is 7.18. The third-order valence-corrected chi connectivity index (χ3v) is 5.00. The van der Waals surface area contributed by atoms with Gasteiger partial charge in [-0.05, 0) is 19.9 Å². The van der Waals surface area contributed by atoms with Crippen LogP contribution in [0.25, 0.3) is 11.3 Å². The summed E-state index contributed by atoms with van der Waals surface area (Å²) in [6.07, 6.45) is 2.00. The molecule has 2 heterocycles. The summed E-state index contributed by atoms with van der Waals surface area (Å²) in [6, 6.07) is 12.3. The van der Waals surface area contributed by atoms with E-state index in [0.717, 1.165) is 41.5 Å². The van der Waals surface area contributed by atoms with Crippen LogP contribution < -0.4 is 5.73 Å². The van der Waals surface area contributed by atoms with Crippen molar-refractivity contribution in [3.05, 3.63) is 53.8 Å². The maximum atomic E-state index is 5.89. The Labute approximate surface area is 152 Å². The van der Waals surface area contributed by atoms with Gasteiger partial charge in [-0.2, -0.15) is 0 Å². The number of hydrogen-bond acceptors (Lipinski definition) is 6. The number of benzene rings is 1. The maximum absolute atomic E-state index is 5.89. The van der Waals surface area contributed by atoms with E-state index in [1.54, 1.807) is 0 Å². The molecule has 0 atom stereocenters. The molecular formula is C19H24N6O. The van der Waals surface area contributed by atoms with E-state index in [2.05, 4.69) is 24.8 Å². The summed E-state index contributed by atoms with van der Waals surface area (Å²) < 4.78 is 7.59. The molecule has 1 aliphatic rings. The van der Waals surface area contributed by atoms with Crippen LogP contribution >= 0.6 is 0 Å². The van der Waals surface area contributed by atoms with E-state index >= 15 is 0 Å². The molecule has 0 radical (unpaired) electrons. The quantitative estimate of drug-likeness (QED) is 0.733. The van der Waals surface area contributed by atoms with Crippen molar-refractivity contribution in [1.82, 2.24) is 24.8 Å². The van der Waals surface area contributed by atoms with Crippen LogP contribution in [-0.4, -0.2) is 37.9 Å². The first kappa shape index (κ1) is 16.9. The van der Waals surface area contributed by atoms with Gasteiger partial charge in [0.05, 0.1) is 13.1 Å².